The van der Waals surface area contributed by atoms with Gasteiger partial charge in [-0.15, -0.1) is 0 Å². The lowest BCUT2D eigenvalue weighted by Gasteiger charge is -2.13. The van der Waals surface area contributed by atoms with E-state index in [1.807, 2.05) is 0 Å². The van der Waals surface area contributed by atoms with Gasteiger partial charge in [0.15, 0.2) is 6.10 Å². The van der Waals surface area contributed by atoms with Crippen molar-refractivity contribution in [2.75, 3.05) is 0 Å². The summed E-state index contributed by atoms with van der Waals surface area (Å²) < 4.78 is 18.4. The molecule has 1 amide bonds. The molecule has 5 heteroatoms. The van der Waals surface area contributed by atoms with Gasteiger partial charge < -0.3 is 10.5 Å². The summed E-state index contributed by atoms with van der Waals surface area (Å²) in [6, 6.07) is 5.46. The number of hydrogen-bond donors (Lipinski definition) is 1. The van der Waals surface area contributed by atoms with E-state index in [1.54, 1.807) is 13.0 Å². The standard InChI is InChI=1S/C11H11FN2O2/c1-2-10(11(14)15)16-8-4-3-7(6-13)9(12)5-8/h3-5,10H,2H2,1H3,(H2,14,15). The Morgan fingerprint density at radius 3 is 2.81 bits per heavy atom. The summed E-state index contributed by atoms with van der Waals surface area (Å²) in [6.45, 7) is 1.73. The zero-order valence-electron chi connectivity index (χ0n) is 8.74. The Morgan fingerprint density at radius 1 is 1.69 bits per heavy atom. The number of primary amides is 1. The van der Waals surface area contributed by atoms with Crippen LogP contribution in [-0.4, -0.2) is 12.0 Å². The number of hydrogen-bond acceptors (Lipinski definition) is 3. The molecule has 0 radical (unpaired) electrons. The molecule has 0 bridgehead atoms. The van der Waals surface area contributed by atoms with Gasteiger partial charge in [0.1, 0.15) is 17.6 Å². The van der Waals surface area contributed by atoms with Gasteiger partial charge in [-0.25, -0.2) is 4.39 Å². The second kappa shape index (κ2) is 5.12. The number of ether oxygens (including phenoxy) is 1. The molecule has 0 aliphatic carbocycles. The summed E-state index contributed by atoms with van der Waals surface area (Å²) in [5.74, 6) is -1.10. The smallest absolute Gasteiger partial charge is 0.258 e. The maximum Gasteiger partial charge on any atom is 0.258 e. The molecule has 0 aliphatic rings. The van der Waals surface area contributed by atoms with E-state index >= 15 is 0 Å². The monoisotopic (exact) mass is 222 g/mol. The fourth-order valence-electron chi connectivity index (χ4n) is 1.17. The molecule has 0 heterocycles. The highest BCUT2D eigenvalue weighted by molar-refractivity contribution is 5.79. The Hall–Kier alpha value is -2.09. The van der Waals surface area contributed by atoms with Crippen LogP contribution in [0.15, 0.2) is 18.2 Å². The molecule has 0 fully saturated rings. The average Bonchev–Trinajstić information content (AvgIpc) is 2.25. The van der Waals surface area contributed by atoms with Crippen LogP contribution in [0.3, 0.4) is 0 Å². The Bertz CT molecular complexity index is 440. The number of carbonyl (C=O) groups is 1. The normalized spacial score (nSPS) is 11.6. The summed E-state index contributed by atoms with van der Waals surface area (Å²) in [6.07, 6.45) is -0.385. The van der Waals surface area contributed by atoms with Crippen LogP contribution in [0.4, 0.5) is 4.39 Å². The average molecular weight is 222 g/mol. The van der Waals surface area contributed by atoms with E-state index in [9.17, 15) is 9.18 Å². The second-order valence-electron chi connectivity index (χ2n) is 3.17. The van der Waals surface area contributed by atoms with Gasteiger partial charge >= 0.3 is 0 Å². The molecular formula is C11H11FN2O2. The molecule has 16 heavy (non-hydrogen) atoms. The predicted octanol–water partition coefficient (Wildman–Crippen LogP) is 1.34. The van der Waals surface area contributed by atoms with Crippen LogP contribution < -0.4 is 10.5 Å². The van der Waals surface area contributed by atoms with Crippen molar-refractivity contribution < 1.29 is 13.9 Å². The molecule has 2 N–H and O–H groups in total. The van der Waals surface area contributed by atoms with E-state index in [2.05, 4.69) is 0 Å². The van der Waals surface area contributed by atoms with Gasteiger partial charge in [0.05, 0.1) is 5.56 Å². The van der Waals surface area contributed by atoms with Crippen molar-refractivity contribution in [2.45, 2.75) is 19.4 Å². The van der Waals surface area contributed by atoms with E-state index in [4.69, 9.17) is 15.7 Å². The number of carbonyl (C=O) groups excluding carboxylic acids is 1. The van der Waals surface area contributed by atoms with E-state index in [1.165, 1.54) is 12.1 Å². The third kappa shape index (κ3) is 2.70. The Morgan fingerprint density at radius 2 is 2.38 bits per heavy atom. The number of nitriles is 1. The maximum absolute atomic E-state index is 13.2. The second-order valence-corrected chi connectivity index (χ2v) is 3.17. The van der Waals surface area contributed by atoms with Crippen LogP contribution in [0.1, 0.15) is 18.9 Å². The third-order valence-corrected chi connectivity index (χ3v) is 2.03. The number of halogens is 1. The van der Waals surface area contributed by atoms with E-state index in [-0.39, 0.29) is 11.3 Å². The SMILES string of the molecule is CCC(Oc1ccc(C#N)c(F)c1)C(N)=O. The first-order valence-electron chi connectivity index (χ1n) is 4.74. The fourth-order valence-corrected chi connectivity index (χ4v) is 1.17. The molecule has 0 aliphatic heterocycles. The molecule has 4 nitrogen and oxygen atoms in total. The van der Waals surface area contributed by atoms with Crippen LogP contribution >= 0.6 is 0 Å². The van der Waals surface area contributed by atoms with E-state index in [0.717, 1.165) is 6.07 Å². The van der Waals surface area contributed by atoms with Crippen LogP contribution in [0.5, 0.6) is 5.75 Å². The molecule has 84 valence electrons. The molecule has 1 atom stereocenters. The lowest BCUT2D eigenvalue weighted by molar-refractivity contribution is -0.124. The van der Waals surface area contributed by atoms with Crippen molar-refractivity contribution in [1.82, 2.24) is 0 Å². The fraction of sp³-hybridized carbons (Fsp3) is 0.273. The van der Waals surface area contributed by atoms with Gasteiger partial charge in [0.25, 0.3) is 5.91 Å². The Kier molecular flexibility index (Phi) is 3.84. The largest absolute Gasteiger partial charge is 0.481 e. The van der Waals surface area contributed by atoms with Crippen LogP contribution in [0.25, 0.3) is 0 Å². The van der Waals surface area contributed by atoms with Crippen molar-refractivity contribution in [3.8, 4) is 11.8 Å². The minimum atomic E-state index is -0.785. The zero-order chi connectivity index (χ0) is 12.1. The van der Waals surface area contributed by atoms with Crippen molar-refractivity contribution in [3.05, 3.63) is 29.6 Å². The lowest BCUT2D eigenvalue weighted by atomic mass is 10.2. The van der Waals surface area contributed by atoms with Gasteiger partial charge in [-0.3, -0.25) is 4.79 Å². The zero-order valence-corrected chi connectivity index (χ0v) is 8.74. The highest BCUT2D eigenvalue weighted by Crippen LogP contribution is 2.17. The summed E-state index contributed by atoms with van der Waals surface area (Å²) in [5.41, 5.74) is 5.01. The molecule has 0 aromatic heterocycles. The van der Waals surface area contributed by atoms with Crippen molar-refractivity contribution >= 4 is 5.91 Å². The quantitative estimate of drug-likeness (QED) is 0.835. The van der Waals surface area contributed by atoms with Crippen LogP contribution in [-0.2, 0) is 4.79 Å². The number of nitrogens with zero attached hydrogens (tertiary/aromatic N) is 1. The highest BCUT2D eigenvalue weighted by atomic mass is 19.1. The topological polar surface area (TPSA) is 76.1 Å². The van der Waals surface area contributed by atoms with E-state index < -0.39 is 17.8 Å². The minimum Gasteiger partial charge on any atom is -0.481 e. The van der Waals surface area contributed by atoms with Gasteiger partial charge in [-0.1, -0.05) is 6.92 Å². The van der Waals surface area contributed by atoms with Crippen LogP contribution in [0.2, 0.25) is 0 Å². The number of nitrogens with two attached hydrogens (primary N) is 1. The first-order chi connectivity index (χ1) is 7.58. The van der Waals surface area contributed by atoms with Crippen molar-refractivity contribution in [3.63, 3.8) is 0 Å². The highest BCUT2D eigenvalue weighted by Gasteiger charge is 2.15. The number of rotatable bonds is 4. The molecule has 1 rings (SSSR count). The van der Waals surface area contributed by atoms with Gasteiger partial charge in [0, 0.05) is 6.07 Å². The lowest BCUT2D eigenvalue weighted by Crippen LogP contribution is -2.33. The number of amides is 1. The van der Waals surface area contributed by atoms with Crippen LogP contribution in [0, 0.1) is 17.1 Å². The first-order valence-corrected chi connectivity index (χ1v) is 4.74. The first kappa shape index (κ1) is 12.0. The molecular weight excluding hydrogens is 211 g/mol. The van der Waals surface area contributed by atoms with Gasteiger partial charge in [-0.05, 0) is 18.6 Å². The molecule has 0 saturated heterocycles. The summed E-state index contributed by atoms with van der Waals surface area (Å²) in [5, 5.41) is 8.52. The predicted molar refractivity (Wildman–Crippen MR) is 55.0 cm³/mol. The summed E-state index contributed by atoms with van der Waals surface area (Å²) in [7, 11) is 0. The molecule has 0 spiro atoms. The van der Waals surface area contributed by atoms with Gasteiger partial charge in [0.2, 0.25) is 0 Å². The van der Waals surface area contributed by atoms with Crippen molar-refractivity contribution in [2.24, 2.45) is 5.73 Å². The van der Waals surface area contributed by atoms with Crippen molar-refractivity contribution in [1.29, 1.82) is 5.26 Å². The maximum atomic E-state index is 13.2. The summed E-state index contributed by atoms with van der Waals surface area (Å²) in [4.78, 5) is 10.9. The minimum absolute atomic E-state index is 0.0699. The summed E-state index contributed by atoms with van der Waals surface area (Å²) >= 11 is 0. The van der Waals surface area contributed by atoms with Gasteiger partial charge in [-0.2, -0.15) is 5.26 Å². The molecule has 1 aromatic rings. The molecule has 0 saturated carbocycles. The Labute approximate surface area is 92.4 Å². The van der Waals surface area contributed by atoms with E-state index in [0.29, 0.717) is 6.42 Å². The third-order valence-electron chi connectivity index (χ3n) is 2.03. The Balaban J connectivity index is 2.87. The molecule has 1 unspecified atom stereocenters. The molecule has 1 aromatic carbocycles. The number of benzene rings is 1.